The van der Waals surface area contributed by atoms with E-state index in [-0.39, 0.29) is 24.5 Å². The summed E-state index contributed by atoms with van der Waals surface area (Å²) >= 11 is 6.68. The molecule has 15 heteroatoms. The van der Waals surface area contributed by atoms with Gasteiger partial charge >= 0.3 is 6.18 Å². The monoisotopic (exact) mass is 628 g/mol. The number of aromatic nitrogens is 1. The Labute approximate surface area is 247 Å². The first kappa shape index (κ1) is 30.5. The van der Waals surface area contributed by atoms with Gasteiger partial charge in [-0.1, -0.05) is 17.7 Å². The third-order valence-corrected chi connectivity index (χ3v) is 9.72. The van der Waals surface area contributed by atoms with Crippen molar-refractivity contribution in [2.24, 2.45) is 5.92 Å². The van der Waals surface area contributed by atoms with E-state index in [1.807, 2.05) is 4.90 Å². The summed E-state index contributed by atoms with van der Waals surface area (Å²) < 4.78 is 66.2. The molecule has 5 rings (SSSR count). The van der Waals surface area contributed by atoms with E-state index in [0.29, 0.717) is 55.7 Å². The van der Waals surface area contributed by atoms with E-state index >= 15 is 0 Å². The minimum absolute atomic E-state index is 0.0511. The third kappa shape index (κ3) is 5.94. The summed E-state index contributed by atoms with van der Waals surface area (Å²) in [5.41, 5.74) is 0.280. The van der Waals surface area contributed by atoms with Crippen LogP contribution >= 0.6 is 11.6 Å². The fourth-order valence-electron chi connectivity index (χ4n) is 6.01. The molecule has 2 atom stereocenters. The highest BCUT2D eigenvalue weighted by Gasteiger charge is 2.49. The highest BCUT2D eigenvalue weighted by atomic mass is 35.5. The summed E-state index contributed by atoms with van der Waals surface area (Å²) in [6.45, 7) is 4.57. The van der Waals surface area contributed by atoms with E-state index in [2.05, 4.69) is 9.88 Å². The minimum Gasteiger partial charge on any atom is -0.367 e. The van der Waals surface area contributed by atoms with Crippen molar-refractivity contribution >= 4 is 50.6 Å². The molecule has 0 radical (unpaired) electrons. The van der Waals surface area contributed by atoms with Crippen LogP contribution in [0.1, 0.15) is 17.7 Å². The van der Waals surface area contributed by atoms with Crippen LogP contribution in [0.15, 0.2) is 30.3 Å². The van der Waals surface area contributed by atoms with E-state index in [9.17, 15) is 31.2 Å². The van der Waals surface area contributed by atoms with Crippen molar-refractivity contribution in [2.45, 2.75) is 25.6 Å². The van der Waals surface area contributed by atoms with E-state index in [1.165, 1.54) is 22.4 Å². The first-order valence-electron chi connectivity index (χ1n) is 13.5. The van der Waals surface area contributed by atoms with Crippen molar-refractivity contribution in [1.82, 2.24) is 14.2 Å². The van der Waals surface area contributed by atoms with Crippen molar-refractivity contribution in [3.8, 4) is 0 Å². The number of pyridine rings is 1. The number of hydrogen-bond donors (Lipinski definition) is 0. The molecule has 3 aliphatic heterocycles. The van der Waals surface area contributed by atoms with Gasteiger partial charge in [0.25, 0.3) is 0 Å². The molecule has 0 N–H and O–H groups in total. The molecule has 0 spiro atoms. The fourth-order valence-corrected chi connectivity index (χ4v) is 7.13. The third-order valence-electron chi connectivity index (χ3n) is 8.11. The van der Waals surface area contributed by atoms with Gasteiger partial charge in [0.15, 0.2) is 0 Å². The molecule has 0 saturated carbocycles. The molecule has 228 valence electrons. The van der Waals surface area contributed by atoms with Crippen LogP contribution in [-0.2, 0) is 25.8 Å². The predicted molar refractivity (Wildman–Crippen MR) is 153 cm³/mol. The van der Waals surface area contributed by atoms with Gasteiger partial charge in [-0.15, -0.1) is 0 Å². The van der Waals surface area contributed by atoms with Gasteiger partial charge in [0.05, 0.1) is 28.2 Å². The largest absolute Gasteiger partial charge is 0.416 e. The van der Waals surface area contributed by atoms with E-state index < -0.39 is 45.5 Å². The number of benzene rings is 1. The van der Waals surface area contributed by atoms with Crippen LogP contribution in [0, 0.1) is 12.8 Å². The second kappa shape index (κ2) is 11.3. The lowest BCUT2D eigenvalue weighted by Crippen LogP contribution is -2.53. The highest BCUT2D eigenvalue weighted by molar-refractivity contribution is 7.88. The normalized spacial score (nSPS) is 22.7. The minimum atomic E-state index is -4.65. The van der Waals surface area contributed by atoms with Gasteiger partial charge in [0.1, 0.15) is 11.9 Å². The Kier molecular flexibility index (Phi) is 8.20. The van der Waals surface area contributed by atoms with Crippen molar-refractivity contribution in [3.63, 3.8) is 0 Å². The number of halogens is 4. The van der Waals surface area contributed by atoms with Gasteiger partial charge < -0.3 is 9.80 Å². The van der Waals surface area contributed by atoms with Crippen LogP contribution in [0.3, 0.4) is 0 Å². The number of piperazine rings is 1. The Balaban J connectivity index is 1.47. The van der Waals surface area contributed by atoms with Crippen molar-refractivity contribution in [3.05, 3.63) is 46.6 Å². The number of hydrogen-bond acceptors (Lipinski definition) is 7. The maximum Gasteiger partial charge on any atom is 0.416 e. The Morgan fingerprint density at radius 2 is 1.76 bits per heavy atom. The van der Waals surface area contributed by atoms with Gasteiger partial charge in [-0.3, -0.25) is 19.4 Å². The van der Waals surface area contributed by atoms with E-state index in [4.69, 9.17) is 11.6 Å². The zero-order valence-electron chi connectivity index (χ0n) is 23.4. The molecule has 2 fully saturated rings. The second-order valence-corrected chi connectivity index (χ2v) is 13.4. The number of rotatable bonds is 5. The average Bonchev–Trinajstić information content (AvgIpc) is 3.23. The molecular formula is C27H32ClF3N6O4S. The molecule has 2 saturated heterocycles. The average molecular weight is 629 g/mol. The number of para-hydroxylation sites is 1. The van der Waals surface area contributed by atoms with Crippen LogP contribution in [-0.4, -0.2) is 99.6 Å². The van der Waals surface area contributed by atoms with Gasteiger partial charge in [-0.25, -0.2) is 13.4 Å². The van der Waals surface area contributed by atoms with Crippen LogP contribution in [0.2, 0.25) is 5.02 Å². The van der Waals surface area contributed by atoms with Crippen LogP contribution in [0.4, 0.5) is 30.4 Å². The summed E-state index contributed by atoms with van der Waals surface area (Å²) in [7, 11) is -1.71. The summed E-state index contributed by atoms with van der Waals surface area (Å²) in [4.78, 5) is 38.2. The first-order chi connectivity index (χ1) is 19.6. The summed E-state index contributed by atoms with van der Waals surface area (Å²) in [5, 5.41) is 0.420. The van der Waals surface area contributed by atoms with Crippen molar-refractivity contribution in [2.75, 3.05) is 73.8 Å². The summed E-state index contributed by atoms with van der Waals surface area (Å²) in [5.74, 6) is -1.67. The topological polar surface area (TPSA) is 97.4 Å². The Morgan fingerprint density at radius 3 is 2.40 bits per heavy atom. The molecule has 2 aromatic rings. The molecule has 0 aliphatic carbocycles. The van der Waals surface area contributed by atoms with Crippen LogP contribution in [0.25, 0.3) is 0 Å². The first-order valence-corrected chi connectivity index (χ1v) is 15.7. The van der Waals surface area contributed by atoms with E-state index in [1.54, 1.807) is 25.2 Å². The highest BCUT2D eigenvalue weighted by Crippen LogP contribution is 2.43. The summed E-state index contributed by atoms with van der Waals surface area (Å²) in [6.07, 6.45) is -3.51. The van der Waals surface area contributed by atoms with E-state index in [0.717, 1.165) is 17.0 Å². The maximum atomic E-state index is 13.9. The molecule has 42 heavy (non-hydrogen) atoms. The molecule has 10 nitrogen and oxygen atoms in total. The van der Waals surface area contributed by atoms with Crippen LogP contribution < -0.4 is 14.7 Å². The standard InChI is InChI=1S/C27H32ClF3N6O4S/c1-17-13-19(27(29,30)31)15-22(32-17)37-23(38)14-18-16-35(10-7-34-8-11-36(12-9-34)42(3,40)41)25-20(28)5-4-6-21(25)33(2)26(39)24(18)37/h4-6,13,15,18,24H,7-12,14,16H2,1-3H3/t18-,24+/m1/s1. The number of carbonyl (C=O) groups excluding carboxylic acids is 2. The quantitative estimate of drug-likeness (QED) is 0.502. The predicted octanol–water partition coefficient (Wildman–Crippen LogP) is 2.84. The number of likely N-dealkylation sites (N-methyl/N-ethyl adjacent to an activating group) is 1. The smallest absolute Gasteiger partial charge is 0.367 e. The number of anilines is 3. The lowest BCUT2D eigenvalue weighted by molar-refractivity contribution is -0.137. The Hall–Kier alpha value is -2.94. The zero-order valence-corrected chi connectivity index (χ0v) is 25.0. The molecule has 1 aromatic heterocycles. The molecule has 0 unspecified atom stereocenters. The molecule has 1 aromatic carbocycles. The van der Waals surface area contributed by atoms with Gasteiger partial charge in [0.2, 0.25) is 21.8 Å². The number of nitrogens with zero attached hydrogens (tertiary/aromatic N) is 6. The molecular weight excluding hydrogens is 597 g/mol. The lowest BCUT2D eigenvalue weighted by atomic mass is 9.95. The van der Waals surface area contributed by atoms with Crippen LogP contribution in [0.5, 0.6) is 0 Å². The Bertz CT molecular complexity index is 1500. The number of fused-ring (bicyclic) bond motifs is 2. The van der Waals surface area contributed by atoms with Gasteiger partial charge in [-0.05, 0) is 31.2 Å². The lowest BCUT2D eigenvalue weighted by Gasteiger charge is -2.40. The summed E-state index contributed by atoms with van der Waals surface area (Å²) in [6, 6.07) is 5.83. The second-order valence-electron chi connectivity index (χ2n) is 11.0. The molecule has 0 bridgehead atoms. The Morgan fingerprint density at radius 1 is 1.07 bits per heavy atom. The molecule has 2 amide bonds. The van der Waals surface area contributed by atoms with Gasteiger partial charge in [-0.2, -0.15) is 17.5 Å². The van der Waals surface area contributed by atoms with Crippen molar-refractivity contribution in [1.29, 1.82) is 0 Å². The van der Waals surface area contributed by atoms with Gasteiger partial charge in [0, 0.05) is 70.9 Å². The number of carbonyl (C=O) groups is 2. The fraction of sp³-hybridized carbons (Fsp3) is 0.519. The maximum absolute atomic E-state index is 13.9. The van der Waals surface area contributed by atoms with Crippen molar-refractivity contribution < 1.29 is 31.2 Å². The number of sulfonamides is 1. The molecule has 3 aliphatic rings. The number of aryl methyl sites for hydroxylation is 1. The number of amides is 2. The molecule has 4 heterocycles. The zero-order chi connectivity index (χ0) is 30.6. The number of alkyl halides is 3. The SMILES string of the molecule is Cc1cc(C(F)(F)F)cc(N2C(=O)C[C@@H]3CN(CCN4CCN(S(C)(=O)=O)CC4)c4c(Cl)cccc4N(C)C(=O)[C@H]32)n1.